The molecule has 0 heterocycles. The van der Waals surface area contributed by atoms with Crippen molar-refractivity contribution in [2.24, 2.45) is 0 Å². The maximum absolute atomic E-state index is 13.9. The Bertz CT molecular complexity index is 1770. The van der Waals surface area contributed by atoms with Gasteiger partial charge < -0.3 is 18.6 Å². The molecule has 0 saturated carbocycles. The fourth-order valence-electron chi connectivity index (χ4n) is 6.33. The summed E-state index contributed by atoms with van der Waals surface area (Å²) in [5.74, 6) is -0.391. The zero-order valence-electron chi connectivity index (χ0n) is 29.0. The molecule has 47 heavy (non-hydrogen) atoms. The molecule has 0 aliphatic heterocycles. The number of esters is 2. The van der Waals surface area contributed by atoms with Crippen LogP contribution in [0.2, 0.25) is 5.04 Å². The Morgan fingerprint density at radius 1 is 0.723 bits per heavy atom. The lowest BCUT2D eigenvalue weighted by Gasteiger charge is -2.43. The summed E-state index contributed by atoms with van der Waals surface area (Å²) in [6, 6.07) is 22.7. The van der Waals surface area contributed by atoms with Crippen molar-refractivity contribution in [3.05, 3.63) is 117 Å². The molecule has 0 amide bonds. The van der Waals surface area contributed by atoms with Crippen LogP contribution < -0.4 is 19.5 Å². The third-order valence-corrected chi connectivity index (χ3v) is 14.0. The van der Waals surface area contributed by atoms with Crippen LogP contribution in [0.5, 0.6) is 11.5 Å². The van der Waals surface area contributed by atoms with Crippen LogP contribution in [0.4, 0.5) is 0 Å². The molecule has 4 rings (SSSR count). The number of hydrogen-bond acceptors (Lipinski definition) is 7. The molecule has 0 fully saturated rings. The molecule has 4 aromatic rings. The molecule has 0 bridgehead atoms. The summed E-state index contributed by atoms with van der Waals surface area (Å²) in [5, 5.41) is 2.05. The van der Waals surface area contributed by atoms with E-state index in [0.29, 0.717) is 39.9 Å². The van der Waals surface area contributed by atoms with Crippen LogP contribution in [-0.4, -0.2) is 40.4 Å². The molecule has 0 aliphatic carbocycles. The highest BCUT2D eigenvalue weighted by atomic mass is 28.4. The van der Waals surface area contributed by atoms with E-state index in [1.807, 2.05) is 63.2 Å². The van der Waals surface area contributed by atoms with Crippen LogP contribution in [0.3, 0.4) is 0 Å². The maximum Gasteiger partial charge on any atom is 0.344 e. The van der Waals surface area contributed by atoms with Gasteiger partial charge in [-0.2, -0.15) is 0 Å². The van der Waals surface area contributed by atoms with E-state index in [1.165, 1.54) is 7.11 Å². The van der Waals surface area contributed by atoms with Crippen molar-refractivity contribution in [2.75, 3.05) is 13.9 Å². The van der Waals surface area contributed by atoms with Crippen LogP contribution in [0.15, 0.2) is 66.7 Å². The zero-order chi connectivity index (χ0) is 34.7. The summed E-state index contributed by atoms with van der Waals surface area (Å²) in [5.41, 5.74) is 4.40. The van der Waals surface area contributed by atoms with E-state index in [2.05, 4.69) is 45.0 Å². The minimum Gasteiger partial charge on any atom is -0.534 e. The normalized spacial score (nSPS) is 11.6. The second kappa shape index (κ2) is 14.1. The van der Waals surface area contributed by atoms with Crippen molar-refractivity contribution in [1.29, 1.82) is 0 Å². The number of methoxy groups -OCH3 is 1. The van der Waals surface area contributed by atoms with E-state index in [-0.39, 0.29) is 28.7 Å². The van der Waals surface area contributed by atoms with Crippen LogP contribution in [0.1, 0.15) is 85.2 Å². The molecule has 8 heteroatoms. The molecule has 0 aromatic heterocycles. The number of hydrogen-bond donors (Lipinski definition) is 0. The summed E-state index contributed by atoms with van der Waals surface area (Å²) < 4.78 is 23.3. The van der Waals surface area contributed by atoms with Crippen LogP contribution >= 0.6 is 0 Å². The standard InChI is InChI=1S/C39H44O7Si/c1-24-21-33(46-47(39(7,8)9,30-17-13-11-14-18-30)31-19-15-12-16-20-31)25(2)26(3)34(24)38(42)45-36-28(5)27(4)35(29(6)32(36)22-40)37(41)44-23-43-10/h11-22H,23H2,1-10H3. The number of aldehydes is 1. The summed E-state index contributed by atoms with van der Waals surface area (Å²) in [6.07, 6.45) is 0.600. The summed E-state index contributed by atoms with van der Waals surface area (Å²) >= 11 is 0. The van der Waals surface area contributed by atoms with Gasteiger partial charge in [0.1, 0.15) is 11.5 Å². The number of rotatable bonds is 10. The Morgan fingerprint density at radius 3 is 1.74 bits per heavy atom. The third kappa shape index (κ3) is 6.53. The second-order valence-corrected chi connectivity index (χ2v) is 17.1. The first-order valence-electron chi connectivity index (χ1n) is 15.6. The van der Waals surface area contributed by atoms with Crippen molar-refractivity contribution in [2.45, 2.75) is 67.4 Å². The molecule has 246 valence electrons. The Labute approximate surface area is 279 Å². The predicted octanol–water partition coefficient (Wildman–Crippen LogP) is 7.27. The van der Waals surface area contributed by atoms with Crippen molar-refractivity contribution in [1.82, 2.24) is 0 Å². The smallest absolute Gasteiger partial charge is 0.344 e. The van der Waals surface area contributed by atoms with Gasteiger partial charge in [0.05, 0.1) is 16.7 Å². The quantitative estimate of drug-likeness (QED) is 0.0586. The van der Waals surface area contributed by atoms with E-state index >= 15 is 0 Å². The molecule has 0 spiro atoms. The second-order valence-electron chi connectivity index (χ2n) is 12.9. The minimum atomic E-state index is -2.93. The molecule has 7 nitrogen and oxygen atoms in total. The summed E-state index contributed by atoms with van der Waals surface area (Å²) in [7, 11) is -1.52. The first-order valence-corrected chi connectivity index (χ1v) is 17.5. The van der Waals surface area contributed by atoms with Gasteiger partial charge in [-0.25, -0.2) is 9.59 Å². The molecule has 0 aliphatic rings. The van der Waals surface area contributed by atoms with Crippen molar-refractivity contribution in [3.63, 3.8) is 0 Å². The molecule has 4 aromatic carbocycles. The van der Waals surface area contributed by atoms with Gasteiger partial charge in [-0.3, -0.25) is 4.79 Å². The largest absolute Gasteiger partial charge is 0.534 e. The summed E-state index contributed by atoms with van der Waals surface area (Å²) in [6.45, 7) is 17.2. The van der Waals surface area contributed by atoms with Crippen LogP contribution in [0, 0.1) is 41.5 Å². The monoisotopic (exact) mass is 652 g/mol. The van der Waals surface area contributed by atoms with Crippen molar-refractivity contribution in [3.8, 4) is 11.5 Å². The molecular formula is C39H44O7Si. The Hall–Kier alpha value is -4.53. The van der Waals surface area contributed by atoms with E-state index < -0.39 is 20.3 Å². The van der Waals surface area contributed by atoms with Gasteiger partial charge in [-0.05, 0) is 96.4 Å². The lowest BCUT2D eigenvalue weighted by Crippen LogP contribution is -2.68. The number of carbonyl (C=O) groups excluding carboxylic acids is 3. The van der Waals surface area contributed by atoms with E-state index in [9.17, 15) is 14.4 Å². The Morgan fingerprint density at radius 2 is 1.26 bits per heavy atom. The first-order chi connectivity index (χ1) is 22.2. The summed E-state index contributed by atoms with van der Waals surface area (Å²) in [4.78, 5) is 39.0. The van der Waals surface area contributed by atoms with E-state index in [1.54, 1.807) is 20.8 Å². The van der Waals surface area contributed by atoms with Gasteiger partial charge in [0, 0.05) is 7.11 Å². The van der Waals surface area contributed by atoms with Crippen molar-refractivity contribution < 1.29 is 33.0 Å². The van der Waals surface area contributed by atoms with Gasteiger partial charge in [-0.15, -0.1) is 0 Å². The molecule has 0 N–H and O–H groups in total. The maximum atomic E-state index is 13.9. The number of carbonyl (C=O) groups is 3. The molecule has 0 atom stereocenters. The van der Waals surface area contributed by atoms with Gasteiger partial charge in [-0.1, -0.05) is 81.4 Å². The van der Waals surface area contributed by atoms with Crippen molar-refractivity contribution >= 4 is 36.9 Å². The zero-order valence-corrected chi connectivity index (χ0v) is 30.0. The average Bonchev–Trinajstić information content (AvgIpc) is 3.04. The van der Waals surface area contributed by atoms with Gasteiger partial charge >= 0.3 is 20.3 Å². The Balaban J connectivity index is 1.81. The minimum absolute atomic E-state index is 0.115. The SMILES string of the molecule is COCOC(=O)c1c(C)c(C)c(OC(=O)c2c(C)cc(O[Si](c3ccccc3)(c3ccccc3)C(C)(C)C)c(C)c2C)c(C=O)c1C. The molecule has 0 unspecified atom stereocenters. The number of benzene rings is 4. The van der Waals surface area contributed by atoms with Gasteiger partial charge in [0.25, 0.3) is 0 Å². The predicted molar refractivity (Wildman–Crippen MR) is 187 cm³/mol. The highest BCUT2D eigenvalue weighted by Gasteiger charge is 2.52. The fourth-order valence-corrected chi connectivity index (χ4v) is 10.8. The first kappa shape index (κ1) is 35.3. The van der Waals surface area contributed by atoms with Crippen LogP contribution in [0.25, 0.3) is 0 Å². The topological polar surface area (TPSA) is 88.1 Å². The van der Waals surface area contributed by atoms with Gasteiger partial charge in [0.2, 0.25) is 0 Å². The molecule has 0 saturated heterocycles. The number of aryl methyl sites for hydroxylation is 1. The average molecular weight is 653 g/mol. The third-order valence-electron chi connectivity index (χ3n) is 9.06. The highest BCUT2D eigenvalue weighted by molar-refractivity contribution is 7.00. The fraction of sp³-hybridized carbons (Fsp3) is 0.308. The number of ether oxygens (including phenoxy) is 3. The van der Waals surface area contributed by atoms with E-state index in [0.717, 1.165) is 21.5 Å². The molecular weight excluding hydrogens is 609 g/mol. The molecule has 0 radical (unpaired) electrons. The highest BCUT2D eigenvalue weighted by Crippen LogP contribution is 2.40. The van der Waals surface area contributed by atoms with Gasteiger partial charge in [0.15, 0.2) is 13.1 Å². The van der Waals surface area contributed by atoms with Crippen LogP contribution in [-0.2, 0) is 9.47 Å². The lowest BCUT2D eigenvalue weighted by molar-refractivity contribution is -0.0126. The Kier molecular flexibility index (Phi) is 10.6. The van der Waals surface area contributed by atoms with E-state index in [4.69, 9.17) is 18.6 Å². The lowest BCUT2D eigenvalue weighted by atomic mass is 9.92.